The molecule has 0 aromatic carbocycles. The Morgan fingerprint density at radius 2 is 2.07 bits per heavy atom. The minimum Gasteiger partial charge on any atom is -0.465 e. The van der Waals surface area contributed by atoms with Crippen LogP contribution in [0.1, 0.15) is 46.0 Å². The van der Waals surface area contributed by atoms with Gasteiger partial charge in [0.15, 0.2) is 0 Å². The largest absolute Gasteiger partial charge is 0.465 e. The number of ether oxygens (including phenoxy) is 1. The van der Waals surface area contributed by atoms with Crippen LogP contribution < -0.4 is 0 Å². The molecule has 0 aliphatic heterocycles. The summed E-state index contributed by atoms with van der Waals surface area (Å²) in [6, 6.07) is 0. The molecule has 2 fully saturated rings. The Balaban J connectivity index is 1.62. The SMILES string of the molecule is CC(C)C(=O)OCC1CC2(CCC2)C1. The second-order valence-corrected chi connectivity index (χ2v) is 5.41. The van der Waals surface area contributed by atoms with E-state index in [4.69, 9.17) is 4.74 Å². The van der Waals surface area contributed by atoms with Crippen LogP contribution in [0.3, 0.4) is 0 Å². The zero-order chi connectivity index (χ0) is 10.2. The summed E-state index contributed by atoms with van der Waals surface area (Å²) in [4.78, 5) is 11.2. The van der Waals surface area contributed by atoms with Crippen LogP contribution in [0.2, 0.25) is 0 Å². The van der Waals surface area contributed by atoms with Crippen LogP contribution >= 0.6 is 0 Å². The van der Waals surface area contributed by atoms with Gasteiger partial charge in [-0.3, -0.25) is 4.79 Å². The van der Waals surface area contributed by atoms with Gasteiger partial charge in [-0.15, -0.1) is 0 Å². The predicted octanol–water partition coefficient (Wildman–Crippen LogP) is 2.77. The molecule has 0 unspecified atom stereocenters. The minimum absolute atomic E-state index is 0.0211. The van der Waals surface area contributed by atoms with Crippen LogP contribution in [0, 0.1) is 17.3 Å². The third kappa shape index (κ3) is 1.79. The van der Waals surface area contributed by atoms with Crippen molar-refractivity contribution in [2.45, 2.75) is 46.0 Å². The molecule has 80 valence electrons. The standard InChI is InChI=1S/C12H20O2/c1-9(2)11(13)14-8-10-6-12(7-10)4-3-5-12/h9-10H,3-8H2,1-2H3. The van der Waals surface area contributed by atoms with E-state index in [0.717, 1.165) is 0 Å². The lowest BCUT2D eigenvalue weighted by Gasteiger charge is -2.54. The van der Waals surface area contributed by atoms with Gasteiger partial charge >= 0.3 is 5.97 Å². The lowest BCUT2D eigenvalue weighted by atomic mass is 9.52. The second-order valence-electron chi connectivity index (χ2n) is 5.41. The molecule has 2 heteroatoms. The van der Waals surface area contributed by atoms with Gasteiger partial charge in [0.05, 0.1) is 12.5 Å². The van der Waals surface area contributed by atoms with Crippen LogP contribution in [-0.2, 0) is 9.53 Å². The Morgan fingerprint density at radius 1 is 1.43 bits per heavy atom. The van der Waals surface area contributed by atoms with Crippen molar-refractivity contribution >= 4 is 5.97 Å². The molecule has 1 spiro atoms. The van der Waals surface area contributed by atoms with Gasteiger partial charge in [0.25, 0.3) is 0 Å². The quantitative estimate of drug-likeness (QED) is 0.649. The molecule has 0 amide bonds. The molecule has 14 heavy (non-hydrogen) atoms. The van der Waals surface area contributed by atoms with Crippen molar-refractivity contribution in [3.05, 3.63) is 0 Å². The molecule has 2 aliphatic carbocycles. The summed E-state index contributed by atoms with van der Waals surface area (Å²) in [6.45, 7) is 4.44. The molecule has 0 aromatic heterocycles. The Labute approximate surface area is 86.0 Å². The van der Waals surface area contributed by atoms with Gasteiger partial charge in [0, 0.05) is 0 Å². The van der Waals surface area contributed by atoms with Gasteiger partial charge in [-0.05, 0) is 37.0 Å². The average molecular weight is 196 g/mol. The molecule has 0 atom stereocenters. The Morgan fingerprint density at radius 3 is 2.50 bits per heavy atom. The normalized spacial score (nSPS) is 24.5. The highest BCUT2D eigenvalue weighted by Gasteiger charge is 2.48. The molecule has 0 radical (unpaired) electrons. The second kappa shape index (κ2) is 3.56. The molecule has 0 aromatic rings. The summed E-state index contributed by atoms with van der Waals surface area (Å²) in [6.07, 6.45) is 6.86. The zero-order valence-corrected chi connectivity index (χ0v) is 9.21. The first kappa shape index (κ1) is 10.0. The van der Waals surface area contributed by atoms with E-state index in [1.54, 1.807) is 0 Å². The van der Waals surface area contributed by atoms with Gasteiger partial charge < -0.3 is 4.74 Å². The molecule has 0 bridgehead atoms. The highest BCUT2D eigenvalue weighted by atomic mass is 16.5. The topological polar surface area (TPSA) is 26.3 Å². The first-order chi connectivity index (χ1) is 6.61. The highest BCUT2D eigenvalue weighted by molar-refractivity contribution is 5.71. The van der Waals surface area contributed by atoms with Gasteiger partial charge in [-0.1, -0.05) is 20.3 Å². The van der Waals surface area contributed by atoms with Crippen LogP contribution in [-0.4, -0.2) is 12.6 Å². The predicted molar refractivity (Wildman–Crippen MR) is 54.8 cm³/mol. The Hall–Kier alpha value is -0.530. The Bertz CT molecular complexity index is 220. The first-order valence-corrected chi connectivity index (χ1v) is 5.78. The number of rotatable bonds is 3. The summed E-state index contributed by atoms with van der Waals surface area (Å²) in [5.41, 5.74) is 0.703. The van der Waals surface area contributed by atoms with Gasteiger partial charge in [0.2, 0.25) is 0 Å². The van der Waals surface area contributed by atoms with Gasteiger partial charge in [-0.2, -0.15) is 0 Å². The highest BCUT2D eigenvalue weighted by Crippen LogP contribution is 2.58. The van der Waals surface area contributed by atoms with Crippen LogP contribution in [0.15, 0.2) is 0 Å². The monoisotopic (exact) mass is 196 g/mol. The van der Waals surface area contributed by atoms with Crippen molar-refractivity contribution in [1.82, 2.24) is 0 Å². The van der Waals surface area contributed by atoms with Crippen LogP contribution in [0.25, 0.3) is 0 Å². The smallest absolute Gasteiger partial charge is 0.308 e. The fourth-order valence-corrected chi connectivity index (χ4v) is 2.73. The van der Waals surface area contributed by atoms with Crippen molar-refractivity contribution in [3.63, 3.8) is 0 Å². The summed E-state index contributed by atoms with van der Waals surface area (Å²) < 4.78 is 5.23. The maximum atomic E-state index is 11.2. The fraction of sp³-hybridized carbons (Fsp3) is 0.917. The van der Waals surface area contributed by atoms with Crippen molar-refractivity contribution in [1.29, 1.82) is 0 Å². The molecule has 0 heterocycles. The maximum absolute atomic E-state index is 11.2. The third-order valence-electron chi connectivity index (χ3n) is 3.79. The van der Waals surface area contributed by atoms with E-state index >= 15 is 0 Å². The van der Waals surface area contributed by atoms with E-state index in [2.05, 4.69) is 0 Å². The first-order valence-electron chi connectivity index (χ1n) is 5.78. The van der Waals surface area contributed by atoms with Crippen LogP contribution in [0.5, 0.6) is 0 Å². The van der Waals surface area contributed by atoms with Gasteiger partial charge in [-0.25, -0.2) is 0 Å². The number of hydrogen-bond acceptors (Lipinski definition) is 2. The van der Waals surface area contributed by atoms with E-state index < -0.39 is 0 Å². The summed E-state index contributed by atoms with van der Waals surface area (Å²) in [5, 5.41) is 0. The number of carbonyl (C=O) groups is 1. The van der Waals surface area contributed by atoms with E-state index in [1.807, 2.05) is 13.8 Å². The number of hydrogen-bond donors (Lipinski definition) is 0. The molecule has 2 saturated carbocycles. The lowest BCUT2D eigenvalue weighted by molar-refractivity contribution is -0.153. The Kier molecular flexibility index (Phi) is 2.54. The van der Waals surface area contributed by atoms with Crippen molar-refractivity contribution in [2.75, 3.05) is 6.61 Å². The van der Waals surface area contributed by atoms with E-state index in [0.29, 0.717) is 17.9 Å². The van der Waals surface area contributed by atoms with Crippen LogP contribution in [0.4, 0.5) is 0 Å². The van der Waals surface area contributed by atoms with Gasteiger partial charge in [0.1, 0.15) is 0 Å². The molecule has 2 rings (SSSR count). The van der Waals surface area contributed by atoms with E-state index in [9.17, 15) is 4.79 Å². The summed E-state index contributed by atoms with van der Waals surface area (Å²) in [7, 11) is 0. The average Bonchev–Trinajstić information content (AvgIpc) is 1.97. The summed E-state index contributed by atoms with van der Waals surface area (Å²) in [5.74, 6) is 0.644. The zero-order valence-electron chi connectivity index (χ0n) is 9.21. The number of carbonyl (C=O) groups excluding carboxylic acids is 1. The lowest BCUT2D eigenvalue weighted by Crippen LogP contribution is -2.44. The molecular formula is C12H20O2. The van der Waals surface area contributed by atoms with Crippen molar-refractivity contribution in [2.24, 2.45) is 17.3 Å². The van der Waals surface area contributed by atoms with Crippen molar-refractivity contribution in [3.8, 4) is 0 Å². The van der Waals surface area contributed by atoms with Crippen molar-refractivity contribution < 1.29 is 9.53 Å². The maximum Gasteiger partial charge on any atom is 0.308 e. The molecule has 0 N–H and O–H groups in total. The van der Waals surface area contributed by atoms with E-state index in [1.165, 1.54) is 32.1 Å². The third-order valence-corrected chi connectivity index (χ3v) is 3.79. The molecular weight excluding hydrogens is 176 g/mol. The van der Waals surface area contributed by atoms with E-state index in [-0.39, 0.29) is 11.9 Å². The minimum atomic E-state index is -0.0421. The summed E-state index contributed by atoms with van der Waals surface area (Å²) >= 11 is 0. The molecule has 0 saturated heterocycles. The number of esters is 1. The fourth-order valence-electron chi connectivity index (χ4n) is 2.73. The molecule has 2 nitrogen and oxygen atoms in total. The molecule has 2 aliphatic rings.